The number of hydrogen-bond acceptors (Lipinski definition) is 6. The summed E-state index contributed by atoms with van der Waals surface area (Å²) >= 11 is 4.08. The van der Waals surface area contributed by atoms with Crippen molar-refractivity contribution in [3.63, 3.8) is 0 Å². The van der Waals surface area contributed by atoms with Crippen LogP contribution in [-0.2, 0) is 25.6 Å². The SMILES string of the molecule is CC(C)CC(N)C(=O)NC(Cc1c[nH]c2ccccc12)C(=O)NC(CS)C(=O)NCC(=O)O. The first kappa shape index (κ1) is 26.2. The molecule has 0 bridgehead atoms. The number of aliphatic carboxylic acids is 1. The lowest BCUT2D eigenvalue weighted by molar-refractivity contribution is -0.138. The molecule has 0 aliphatic heterocycles. The van der Waals surface area contributed by atoms with Crippen molar-refractivity contribution >= 4 is 47.2 Å². The third-order valence-electron chi connectivity index (χ3n) is 5.02. The van der Waals surface area contributed by atoms with Crippen LogP contribution in [0.5, 0.6) is 0 Å². The van der Waals surface area contributed by atoms with Crippen molar-refractivity contribution in [3.8, 4) is 0 Å². The number of carbonyl (C=O) groups excluding carboxylic acids is 3. The van der Waals surface area contributed by atoms with Gasteiger partial charge in [0.2, 0.25) is 17.7 Å². The standard InChI is InChI=1S/C22H31N5O5S/c1-12(2)7-15(23)20(30)26-17(8-13-9-24-16-6-4-3-5-14(13)16)22(32)27-18(11-33)21(31)25-10-19(28)29/h3-6,9,12,15,17-18,24,33H,7-8,10-11,23H2,1-2H3,(H,25,31)(H,26,30)(H,27,32)(H,28,29). The second-order valence-corrected chi connectivity index (χ2v) is 8.58. The molecule has 0 aliphatic rings. The Morgan fingerprint density at radius 1 is 1.06 bits per heavy atom. The molecule has 33 heavy (non-hydrogen) atoms. The van der Waals surface area contributed by atoms with Crippen molar-refractivity contribution in [2.24, 2.45) is 11.7 Å². The van der Waals surface area contributed by atoms with E-state index >= 15 is 0 Å². The van der Waals surface area contributed by atoms with E-state index in [0.717, 1.165) is 16.5 Å². The summed E-state index contributed by atoms with van der Waals surface area (Å²) in [5.41, 5.74) is 7.68. The van der Waals surface area contributed by atoms with Crippen molar-refractivity contribution < 1.29 is 24.3 Å². The van der Waals surface area contributed by atoms with E-state index in [2.05, 4.69) is 33.6 Å². The van der Waals surface area contributed by atoms with Gasteiger partial charge < -0.3 is 31.8 Å². The molecule has 10 nitrogen and oxygen atoms in total. The summed E-state index contributed by atoms with van der Waals surface area (Å²) in [4.78, 5) is 51.8. The van der Waals surface area contributed by atoms with Gasteiger partial charge in [-0.05, 0) is 24.0 Å². The van der Waals surface area contributed by atoms with Crippen molar-refractivity contribution in [2.45, 2.75) is 44.8 Å². The molecule has 1 heterocycles. The van der Waals surface area contributed by atoms with Crippen LogP contribution in [-0.4, -0.2) is 64.2 Å². The molecule has 0 saturated heterocycles. The quantitative estimate of drug-likeness (QED) is 0.215. The van der Waals surface area contributed by atoms with Gasteiger partial charge in [0.1, 0.15) is 18.6 Å². The maximum absolute atomic E-state index is 13.1. The summed E-state index contributed by atoms with van der Waals surface area (Å²) in [6, 6.07) is 4.68. The first-order valence-electron chi connectivity index (χ1n) is 10.6. The average molecular weight is 478 g/mol. The monoisotopic (exact) mass is 477 g/mol. The Kier molecular flexibility index (Phi) is 9.74. The summed E-state index contributed by atoms with van der Waals surface area (Å²) in [5, 5.41) is 17.1. The Morgan fingerprint density at radius 2 is 1.73 bits per heavy atom. The van der Waals surface area contributed by atoms with Gasteiger partial charge in [-0.3, -0.25) is 19.2 Å². The van der Waals surface area contributed by atoms with Gasteiger partial charge in [0.25, 0.3) is 0 Å². The van der Waals surface area contributed by atoms with Crippen LogP contribution in [0.15, 0.2) is 30.5 Å². The number of fused-ring (bicyclic) bond motifs is 1. The van der Waals surface area contributed by atoms with Crippen LogP contribution in [0.4, 0.5) is 0 Å². The van der Waals surface area contributed by atoms with Crippen LogP contribution in [0, 0.1) is 5.92 Å². The number of aromatic amines is 1. The number of para-hydroxylation sites is 1. The number of amides is 3. The lowest BCUT2D eigenvalue weighted by atomic mass is 10.0. The molecular weight excluding hydrogens is 446 g/mol. The molecule has 1 aromatic heterocycles. The zero-order valence-corrected chi connectivity index (χ0v) is 19.5. The fraction of sp³-hybridized carbons (Fsp3) is 0.455. The Labute approximate surface area is 197 Å². The lowest BCUT2D eigenvalue weighted by Crippen LogP contribution is -2.57. The first-order valence-corrected chi connectivity index (χ1v) is 11.3. The van der Waals surface area contributed by atoms with Crippen LogP contribution in [0.3, 0.4) is 0 Å². The van der Waals surface area contributed by atoms with E-state index in [4.69, 9.17) is 10.8 Å². The minimum atomic E-state index is -1.21. The first-order chi connectivity index (χ1) is 15.6. The van der Waals surface area contributed by atoms with Gasteiger partial charge in [-0.25, -0.2) is 0 Å². The smallest absolute Gasteiger partial charge is 0.322 e. The van der Waals surface area contributed by atoms with Crippen molar-refractivity contribution in [3.05, 3.63) is 36.0 Å². The molecule has 180 valence electrons. The predicted octanol–water partition coefficient (Wildman–Crippen LogP) is 0.184. The molecule has 2 rings (SSSR count). The zero-order valence-electron chi connectivity index (χ0n) is 18.6. The van der Waals surface area contributed by atoms with E-state index in [9.17, 15) is 19.2 Å². The Morgan fingerprint density at radius 3 is 2.36 bits per heavy atom. The number of hydrogen-bond donors (Lipinski definition) is 7. The maximum Gasteiger partial charge on any atom is 0.322 e. The summed E-state index contributed by atoms with van der Waals surface area (Å²) in [5.74, 6) is -2.84. The summed E-state index contributed by atoms with van der Waals surface area (Å²) in [7, 11) is 0. The zero-order chi connectivity index (χ0) is 24.5. The normalized spacial score (nSPS) is 13.8. The van der Waals surface area contributed by atoms with Gasteiger partial charge in [-0.15, -0.1) is 0 Å². The highest BCUT2D eigenvalue weighted by molar-refractivity contribution is 7.80. The minimum absolute atomic E-state index is 0.0577. The number of carboxylic acids is 1. The molecule has 1 aromatic carbocycles. The average Bonchev–Trinajstić information content (AvgIpc) is 3.17. The second-order valence-electron chi connectivity index (χ2n) is 8.22. The van der Waals surface area contributed by atoms with Crippen LogP contribution in [0.25, 0.3) is 10.9 Å². The molecule has 7 N–H and O–H groups in total. The van der Waals surface area contributed by atoms with Gasteiger partial charge in [-0.2, -0.15) is 12.6 Å². The molecule has 0 radical (unpaired) electrons. The fourth-order valence-electron chi connectivity index (χ4n) is 3.38. The topological polar surface area (TPSA) is 166 Å². The Balaban J connectivity index is 2.21. The Hall–Kier alpha value is -3.05. The number of H-pyrrole nitrogens is 1. The number of nitrogens with two attached hydrogens (primary N) is 1. The molecule has 2 aromatic rings. The number of rotatable bonds is 12. The molecule has 0 saturated carbocycles. The van der Waals surface area contributed by atoms with E-state index in [0.29, 0.717) is 6.42 Å². The number of nitrogens with one attached hydrogen (secondary N) is 4. The van der Waals surface area contributed by atoms with Crippen LogP contribution >= 0.6 is 12.6 Å². The van der Waals surface area contributed by atoms with E-state index in [1.807, 2.05) is 38.1 Å². The predicted molar refractivity (Wildman–Crippen MR) is 128 cm³/mol. The molecule has 3 amide bonds. The third kappa shape index (κ3) is 7.79. The van der Waals surface area contributed by atoms with Crippen molar-refractivity contribution in [2.75, 3.05) is 12.3 Å². The fourth-order valence-corrected chi connectivity index (χ4v) is 3.63. The van der Waals surface area contributed by atoms with Gasteiger partial charge >= 0.3 is 5.97 Å². The number of carbonyl (C=O) groups is 4. The van der Waals surface area contributed by atoms with Crippen LogP contribution < -0.4 is 21.7 Å². The van der Waals surface area contributed by atoms with E-state index in [-0.39, 0.29) is 18.1 Å². The second kappa shape index (κ2) is 12.3. The van der Waals surface area contributed by atoms with Gasteiger partial charge in [-0.1, -0.05) is 32.0 Å². The van der Waals surface area contributed by atoms with Crippen LogP contribution in [0.2, 0.25) is 0 Å². The molecule has 3 unspecified atom stereocenters. The van der Waals surface area contributed by atoms with E-state index < -0.39 is 48.4 Å². The highest BCUT2D eigenvalue weighted by atomic mass is 32.1. The van der Waals surface area contributed by atoms with Crippen molar-refractivity contribution in [1.82, 2.24) is 20.9 Å². The Bertz CT molecular complexity index is 992. The van der Waals surface area contributed by atoms with E-state index in [1.165, 1.54) is 0 Å². The highest BCUT2D eigenvalue weighted by Crippen LogP contribution is 2.19. The van der Waals surface area contributed by atoms with Gasteiger partial charge in [0, 0.05) is 29.3 Å². The summed E-state index contributed by atoms with van der Waals surface area (Å²) < 4.78 is 0. The lowest BCUT2D eigenvalue weighted by Gasteiger charge is -2.24. The maximum atomic E-state index is 13.1. The third-order valence-corrected chi connectivity index (χ3v) is 5.39. The molecule has 11 heteroatoms. The van der Waals surface area contributed by atoms with Gasteiger partial charge in [0.15, 0.2) is 0 Å². The molecule has 0 spiro atoms. The molecule has 0 aliphatic carbocycles. The molecule has 0 fully saturated rings. The number of aromatic nitrogens is 1. The number of thiol groups is 1. The van der Waals surface area contributed by atoms with Gasteiger partial charge in [0.05, 0.1) is 6.04 Å². The van der Waals surface area contributed by atoms with Crippen molar-refractivity contribution in [1.29, 1.82) is 0 Å². The summed E-state index contributed by atoms with van der Waals surface area (Å²) in [6.45, 7) is 3.30. The minimum Gasteiger partial charge on any atom is -0.480 e. The molecule has 3 atom stereocenters. The number of benzene rings is 1. The van der Waals surface area contributed by atoms with E-state index in [1.54, 1.807) is 6.20 Å². The summed E-state index contributed by atoms with van der Waals surface area (Å²) in [6.07, 6.45) is 2.37. The highest BCUT2D eigenvalue weighted by Gasteiger charge is 2.28. The molecular formula is C22H31N5O5S. The van der Waals surface area contributed by atoms with Crippen LogP contribution in [0.1, 0.15) is 25.8 Å². The largest absolute Gasteiger partial charge is 0.480 e. The number of carboxylic acid groups (broad SMARTS) is 1.